The van der Waals surface area contributed by atoms with Crippen LogP contribution >= 0.6 is 12.2 Å². The summed E-state index contributed by atoms with van der Waals surface area (Å²) in [5, 5.41) is 6.95. The molecule has 0 aromatic heterocycles. The lowest BCUT2D eigenvalue weighted by molar-refractivity contribution is 0.286. The third-order valence-electron chi connectivity index (χ3n) is 3.25. The molecule has 2 aromatic carbocycles. The first-order valence-corrected chi connectivity index (χ1v) is 7.88. The van der Waals surface area contributed by atoms with Gasteiger partial charge in [0.2, 0.25) is 0 Å². The Hall–Kier alpha value is -2.27. The Bertz CT molecular complexity index is 626. The number of nitrogens with one attached hydrogen (secondary N) is 2. The van der Waals surface area contributed by atoms with Crippen molar-refractivity contribution < 1.29 is 9.47 Å². The Morgan fingerprint density at radius 3 is 2.26 bits per heavy atom. The smallest absolute Gasteiger partial charge is 0.171 e. The fourth-order valence-electron chi connectivity index (χ4n) is 1.96. The average molecular weight is 330 g/mol. The summed E-state index contributed by atoms with van der Waals surface area (Å²) in [5.41, 5.74) is 2.19. The van der Waals surface area contributed by atoms with Gasteiger partial charge in [-0.05, 0) is 62.5 Å². The second-order valence-electron chi connectivity index (χ2n) is 5.35. The summed E-state index contributed by atoms with van der Waals surface area (Å²) >= 11 is 5.31. The molecular weight excluding hydrogens is 308 g/mol. The highest BCUT2D eigenvalue weighted by atomic mass is 32.1. The lowest BCUT2D eigenvalue weighted by atomic mass is 10.2. The van der Waals surface area contributed by atoms with E-state index in [1.807, 2.05) is 55.5 Å². The molecule has 0 aliphatic heterocycles. The van der Waals surface area contributed by atoms with E-state index in [-0.39, 0.29) is 6.04 Å². The van der Waals surface area contributed by atoms with Crippen LogP contribution in [0.2, 0.25) is 0 Å². The molecule has 122 valence electrons. The first kappa shape index (κ1) is 17.1. The van der Waals surface area contributed by atoms with Gasteiger partial charge in [0, 0.05) is 5.69 Å². The zero-order valence-corrected chi connectivity index (χ0v) is 14.4. The van der Waals surface area contributed by atoms with Crippen LogP contribution in [0.1, 0.15) is 12.5 Å². The fourth-order valence-corrected chi connectivity index (χ4v) is 2.28. The largest absolute Gasteiger partial charge is 0.497 e. The first-order valence-electron chi connectivity index (χ1n) is 7.48. The summed E-state index contributed by atoms with van der Waals surface area (Å²) in [7, 11) is 1.64. The van der Waals surface area contributed by atoms with Crippen LogP contribution in [0.4, 0.5) is 5.69 Å². The van der Waals surface area contributed by atoms with Crippen molar-refractivity contribution in [3.8, 4) is 11.5 Å². The maximum Gasteiger partial charge on any atom is 0.171 e. The molecule has 2 aromatic rings. The van der Waals surface area contributed by atoms with Gasteiger partial charge in [-0.1, -0.05) is 17.7 Å². The molecule has 0 spiro atoms. The highest BCUT2D eigenvalue weighted by molar-refractivity contribution is 7.80. The van der Waals surface area contributed by atoms with Gasteiger partial charge in [0.1, 0.15) is 18.1 Å². The van der Waals surface area contributed by atoms with Crippen molar-refractivity contribution in [3.05, 3.63) is 54.1 Å². The standard InChI is InChI=1S/C18H22N2O2S/c1-13-4-6-15(7-5-13)20-18(23)19-14(2)12-22-17-10-8-16(21-3)9-11-17/h4-11,14H,12H2,1-3H3,(H2,19,20,23)/t14-/m0/s1. The molecule has 0 heterocycles. The molecule has 0 bridgehead atoms. The van der Waals surface area contributed by atoms with Crippen molar-refractivity contribution in [2.75, 3.05) is 19.0 Å². The number of ether oxygens (including phenoxy) is 2. The van der Waals surface area contributed by atoms with Gasteiger partial charge < -0.3 is 20.1 Å². The number of benzene rings is 2. The average Bonchev–Trinajstić information content (AvgIpc) is 2.55. The molecule has 0 aliphatic rings. The second kappa shape index (κ2) is 8.39. The summed E-state index contributed by atoms with van der Waals surface area (Å²) < 4.78 is 10.8. The summed E-state index contributed by atoms with van der Waals surface area (Å²) in [6.45, 7) is 4.59. The van der Waals surface area contributed by atoms with E-state index in [4.69, 9.17) is 21.7 Å². The molecule has 0 unspecified atom stereocenters. The summed E-state index contributed by atoms with van der Waals surface area (Å²) in [4.78, 5) is 0. The Morgan fingerprint density at radius 2 is 1.65 bits per heavy atom. The minimum absolute atomic E-state index is 0.0857. The molecule has 0 aliphatic carbocycles. The molecular formula is C18H22N2O2S. The maximum atomic E-state index is 5.73. The van der Waals surface area contributed by atoms with E-state index in [0.29, 0.717) is 11.7 Å². The molecule has 4 nitrogen and oxygen atoms in total. The number of thiocarbonyl (C=S) groups is 1. The van der Waals surface area contributed by atoms with Gasteiger partial charge in [0.15, 0.2) is 5.11 Å². The van der Waals surface area contributed by atoms with Crippen molar-refractivity contribution in [2.24, 2.45) is 0 Å². The van der Waals surface area contributed by atoms with E-state index in [1.54, 1.807) is 7.11 Å². The van der Waals surface area contributed by atoms with E-state index in [0.717, 1.165) is 17.2 Å². The molecule has 0 saturated carbocycles. The van der Waals surface area contributed by atoms with Gasteiger partial charge >= 0.3 is 0 Å². The molecule has 2 N–H and O–H groups in total. The van der Waals surface area contributed by atoms with Crippen LogP contribution in [0.15, 0.2) is 48.5 Å². The van der Waals surface area contributed by atoms with Crippen molar-refractivity contribution in [3.63, 3.8) is 0 Å². The number of anilines is 1. The van der Waals surface area contributed by atoms with Crippen molar-refractivity contribution in [2.45, 2.75) is 19.9 Å². The van der Waals surface area contributed by atoms with Gasteiger partial charge in [-0.15, -0.1) is 0 Å². The minimum Gasteiger partial charge on any atom is -0.497 e. The molecule has 1 atom stereocenters. The molecule has 0 radical (unpaired) electrons. The Labute approximate surface area is 142 Å². The van der Waals surface area contributed by atoms with Gasteiger partial charge in [0.05, 0.1) is 13.2 Å². The summed E-state index contributed by atoms with van der Waals surface area (Å²) in [6.07, 6.45) is 0. The van der Waals surface area contributed by atoms with Gasteiger partial charge in [-0.3, -0.25) is 0 Å². The normalized spacial score (nSPS) is 11.4. The highest BCUT2D eigenvalue weighted by Gasteiger charge is 2.06. The molecule has 0 amide bonds. The monoisotopic (exact) mass is 330 g/mol. The third kappa shape index (κ3) is 5.79. The Kier molecular flexibility index (Phi) is 6.23. The minimum atomic E-state index is 0.0857. The Balaban J connectivity index is 1.75. The number of hydrogen-bond acceptors (Lipinski definition) is 3. The van der Waals surface area contributed by atoms with Crippen LogP contribution in [0.25, 0.3) is 0 Å². The predicted octanol–water partition coefficient (Wildman–Crippen LogP) is 3.76. The SMILES string of the molecule is COc1ccc(OC[C@H](C)NC(=S)Nc2ccc(C)cc2)cc1. The van der Waals surface area contributed by atoms with Crippen LogP contribution in [0, 0.1) is 6.92 Å². The van der Waals surface area contributed by atoms with Crippen LogP contribution < -0.4 is 20.1 Å². The van der Waals surface area contributed by atoms with Crippen LogP contribution in [0.5, 0.6) is 11.5 Å². The van der Waals surface area contributed by atoms with E-state index in [9.17, 15) is 0 Å². The lowest BCUT2D eigenvalue weighted by Crippen LogP contribution is -2.39. The lowest BCUT2D eigenvalue weighted by Gasteiger charge is -2.18. The summed E-state index contributed by atoms with van der Waals surface area (Å²) in [6, 6.07) is 15.7. The molecule has 0 fully saturated rings. The molecule has 2 rings (SSSR count). The van der Waals surface area contributed by atoms with E-state index in [2.05, 4.69) is 17.6 Å². The van der Waals surface area contributed by atoms with Crippen LogP contribution in [-0.4, -0.2) is 24.9 Å². The van der Waals surface area contributed by atoms with Crippen molar-refractivity contribution >= 4 is 23.0 Å². The zero-order valence-electron chi connectivity index (χ0n) is 13.6. The van der Waals surface area contributed by atoms with Gasteiger partial charge in [0.25, 0.3) is 0 Å². The van der Waals surface area contributed by atoms with E-state index >= 15 is 0 Å². The Morgan fingerprint density at radius 1 is 1.04 bits per heavy atom. The zero-order chi connectivity index (χ0) is 16.7. The van der Waals surface area contributed by atoms with E-state index in [1.165, 1.54) is 5.56 Å². The topological polar surface area (TPSA) is 42.5 Å². The van der Waals surface area contributed by atoms with Crippen LogP contribution in [0.3, 0.4) is 0 Å². The van der Waals surface area contributed by atoms with Gasteiger partial charge in [-0.25, -0.2) is 0 Å². The maximum absolute atomic E-state index is 5.73. The number of methoxy groups -OCH3 is 1. The number of aryl methyl sites for hydroxylation is 1. The number of rotatable bonds is 6. The molecule has 5 heteroatoms. The predicted molar refractivity (Wildman–Crippen MR) is 98.5 cm³/mol. The third-order valence-corrected chi connectivity index (χ3v) is 3.47. The molecule has 23 heavy (non-hydrogen) atoms. The van der Waals surface area contributed by atoms with Crippen molar-refractivity contribution in [1.82, 2.24) is 5.32 Å². The number of hydrogen-bond donors (Lipinski definition) is 2. The summed E-state index contributed by atoms with van der Waals surface area (Å²) in [5.74, 6) is 1.61. The van der Waals surface area contributed by atoms with Gasteiger partial charge in [-0.2, -0.15) is 0 Å². The van der Waals surface area contributed by atoms with Crippen molar-refractivity contribution in [1.29, 1.82) is 0 Å². The van der Waals surface area contributed by atoms with Crippen LogP contribution in [-0.2, 0) is 0 Å². The van der Waals surface area contributed by atoms with E-state index < -0.39 is 0 Å². The first-order chi connectivity index (χ1) is 11.1. The second-order valence-corrected chi connectivity index (χ2v) is 5.76. The molecule has 0 saturated heterocycles. The fraction of sp³-hybridized carbons (Fsp3) is 0.278. The quantitative estimate of drug-likeness (QED) is 0.790. The highest BCUT2D eigenvalue weighted by Crippen LogP contribution is 2.17.